The molecular weight excluding hydrogens is 250 g/mol. The number of ether oxygens (including phenoxy) is 2. The number of hydrogen-bond donors (Lipinski definition) is 1. The molecule has 0 aliphatic carbocycles. The zero-order valence-electron chi connectivity index (χ0n) is 13.1. The van der Waals surface area contributed by atoms with Crippen LogP contribution in [0.1, 0.15) is 46.1 Å². The molecule has 112 valence electrons. The highest BCUT2D eigenvalue weighted by Crippen LogP contribution is 2.29. The lowest BCUT2D eigenvalue weighted by molar-refractivity contribution is -0.0326. The van der Waals surface area contributed by atoms with Gasteiger partial charge in [0.05, 0.1) is 11.7 Å². The highest BCUT2D eigenvalue weighted by atomic mass is 16.6. The van der Waals surface area contributed by atoms with Crippen molar-refractivity contribution in [1.82, 2.24) is 5.32 Å². The van der Waals surface area contributed by atoms with E-state index in [2.05, 4.69) is 45.1 Å². The van der Waals surface area contributed by atoms with Crippen LogP contribution in [0.2, 0.25) is 0 Å². The van der Waals surface area contributed by atoms with E-state index in [9.17, 15) is 0 Å². The standard InChI is InChI=1S/C17H27NO2/c1-13(2)18-11-14-5-7-15(8-6-14)19-12-16-9-10-17(3,4)20-16/h5-8,13,16,18H,9-12H2,1-4H3. The predicted molar refractivity (Wildman–Crippen MR) is 82.1 cm³/mol. The van der Waals surface area contributed by atoms with Gasteiger partial charge in [-0.3, -0.25) is 0 Å². The maximum absolute atomic E-state index is 5.92. The minimum absolute atomic E-state index is 0.0143. The third-order valence-electron chi connectivity index (χ3n) is 3.63. The van der Waals surface area contributed by atoms with Crippen LogP contribution in [0.5, 0.6) is 5.75 Å². The maximum Gasteiger partial charge on any atom is 0.119 e. The summed E-state index contributed by atoms with van der Waals surface area (Å²) in [5.41, 5.74) is 1.30. The van der Waals surface area contributed by atoms with E-state index in [4.69, 9.17) is 9.47 Å². The minimum Gasteiger partial charge on any atom is -0.491 e. The monoisotopic (exact) mass is 277 g/mol. The van der Waals surface area contributed by atoms with Crippen LogP contribution < -0.4 is 10.1 Å². The van der Waals surface area contributed by atoms with Gasteiger partial charge in [-0.25, -0.2) is 0 Å². The first-order valence-corrected chi connectivity index (χ1v) is 7.57. The van der Waals surface area contributed by atoms with Crippen LogP contribution >= 0.6 is 0 Å². The fraction of sp³-hybridized carbons (Fsp3) is 0.647. The van der Waals surface area contributed by atoms with E-state index in [-0.39, 0.29) is 11.7 Å². The summed E-state index contributed by atoms with van der Waals surface area (Å²) >= 11 is 0. The lowest BCUT2D eigenvalue weighted by Gasteiger charge is -2.19. The van der Waals surface area contributed by atoms with Crippen LogP contribution in [0.15, 0.2) is 24.3 Å². The van der Waals surface area contributed by atoms with Gasteiger partial charge in [0, 0.05) is 12.6 Å². The summed E-state index contributed by atoms with van der Waals surface area (Å²) in [7, 11) is 0. The van der Waals surface area contributed by atoms with Gasteiger partial charge in [-0.05, 0) is 44.4 Å². The van der Waals surface area contributed by atoms with Crippen LogP contribution in [0.3, 0.4) is 0 Å². The molecule has 2 rings (SSSR count). The Hall–Kier alpha value is -1.06. The van der Waals surface area contributed by atoms with Gasteiger partial charge in [-0.2, -0.15) is 0 Å². The molecule has 1 N–H and O–H groups in total. The zero-order chi connectivity index (χ0) is 14.6. The number of hydrogen-bond acceptors (Lipinski definition) is 3. The number of nitrogens with one attached hydrogen (secondary N) is 1. The molecule has 1 aliphatic rings. The van der Waals surface area contributed by atoms with Crippen molar-refractivity contribution in [2.45, 2.75) is 64.8 Å². The van der Waals surface area contributed by atoms with Gasteiger partial charge < -0.3 is 14.8 Å². The van der Waals surface area contributed by atoms with Crippen molar-refractivity contribution < 1.29 is 9.47 Å². The Balaban J connectivity index is 1.76. The summed E-state index contributed by atoms with van der Waals surface area (Å²) in [6.45, 7) is 10.1. The Kier molecular flexibility index (Phi) is 5.06. The molecule has 1 aromatic rings. The molecular formula is C17H27NO2. The summed E-state index contributed by atoms with van der Waals surface area (Å²) in [5.74, 6) is 0.923. The van der Waals surface area contributed by atoms with Gasteiger partial charge in [0.1, 0.15) is 12.4 Å². The lowest BCUT2D eigenvalue weighted by atomic mass is 10.1. The van der Waals surface area contributed by atoms with Crippen molar-refractivity contribution in [2.75, 3.05) is 6.61 Å². The molecule has 1 heterocycles. The van der Waals surface area contributed by atoms with Gasteiger partial charge in [0.2, 0.25) is 0 Å². The molecule has 1 saturated heterocycles. The van der Waals surface area contributed by atoms with Crippen LogP contribution in [0.25, 0.3) is 0 Å². The second-order valence-corrected chi connectivity index (χ2v) is 6.53. The minimum atomic E-state index is 0.0143. The van der Waals surface area contributed by atoms with Crippen molar-refractivity contribution in [2.24, 2.45) is 0 Å². The summed E-state index contributed by atoms with van der Waals surface area (Å²) in [4.78, 5) is 0. The molecule has 0 amide bonds. The first-order valence-electron chi connectivity index (χ1n) is 7.57. The average molecular weight is 277 g/mol. The molecule has 0 aromatic heterocycles. The molecule has 3 heteroatoms. The fourth-order valence-electron chi connectivity index (χ4n) is 2.41. The summed E-state index contributed by atoms with van der Waals surface area (Å²) < 4.78 is 11.7. The second kappa shape index (κ2) is 6.59. The Morgan fingerprint density at radius 1 is 1.30 bits per heavy atom. The van der Waals surface area contributed by atoms with Crippen LogP contribution in [0, 0.1) is 0 Å². The van der Waals surface area contributed by atoms with E-state index in [1.54, 1.807) is 0 Å². The highest BCUT2D eigenvalue weighted by molar-refractivity contribution is 5.27. The van der Waals surface area contributed by atoms with Gasteiger partial charge in [0.15, 0.2) is 0 Å². The largest absolute Gasteiger partial charge is 0.491 e. The van der Waals surface area contributed by atoms with Crippen LogP contribution in [-0.2, 0) is 11.3 Å². The smallest absolute Gasteiger partial charge is 0.119 e. The molecule has 1 aliphatic heterocycles. The average Bonchev–Trinajstić information content (AvgIpc) is 2.75. The van der Waals surface area contributed by atoms with Crippen molar-refractivity contribution in [3.05, 3.63) is 29.8 Å². The second-order valence-electron chi connectivity index (χ2n) is 6.53. The van der Waals surface area contributed by atoms with Crippen LogP contribution in [0.4, 0.5) is 0 Å². The lowest BCUT2D eigenvalue weighted by Crippen LogP contribution is -2.24. The Morgan fingerprint density at radius 2 is 2.00 bits per heavy atom. The van der Waals surface area contributed by atoms with Crippen molar-refractivity contribution in [3.63, 3.8) is 0 Å². The van der Waals surface area contributed by atoms with E-state index in [1.807, 2.05) is 12.1 Å². The summed E-state index contributed by atoms with van der Waals surface area (Å²) in [6, 6.07) is 8.82. The SMILES string of the molecule is CC(C)NCc1ccc(OCC2CCC(C)(C)O2)cc1. The highest BCUT2D eigenvalue weighted by Gasteiger charge is 2.31. The Labute approximate surface area is 122 Å². The summed E-state index contributed by atoms with van der Waals surface area (Å²) in [6.07, 6.45) is 2.43. The van der Waals surface area contributed by atoms with Crippen molar-refractivity contribution in [1.29, 1.82) is 0 Å². The van der Waals surface area contributed by atoms with E-state index >= 15 is 0 Å². The zero-order valence-corrected chi connectivity index (χ0v) is 13.1. The summed E-state index contributed by atoms with van der Waals surface area (Å²) in [5, 5.41) is 3.41. The van der Waals surface area contributed by atoms with E-state index < -0.39 is 0 Å². The number of rotatable bonds is 6. The normalized spacial score (nSPS) is 21.4. The molecule has 1 unspecified atom stereocenters. The quantitative estimate of drug-likeness (QED) is 0.863. The first kappa shape index (κ1) is 15.3. The van der Waals surface area contributed by atoms with Crippen molar-refractivity contribution in [3.8, 4) is 5.75 Å². The maximum atomic E-state index is 5.92. The topological polar surface area (TPSA) is 30.5 Å². The molecule has 0 bridgehead atoms. The number of benzene rings is 1. The van der Waals surface area contributed by atoms with E-state index in [0.29, 0.717) is 12.6 Å². The Morgan fingerprint density at radius 3 is 2.55 bits per heavy atom. The third kappa shape index (κ3) is 4.80. The van der Waals surface area contributed by atoms with E-state index in [0.717, 1.165) is 25.1 Å². The molecule has 1 fully saturated rings. The predicted octanol–water partition coefficient (Wildman–Crippen LogP) is 3.52. The van der Waals surface area contributed by atoms with Crippen LogP contribution in [-0.4, -0.2) is 24.4 Å². The molecule has 0 saturated carbocycles. The third-order valence-corrected chi connectivity index (χ3v) is 3.63. The van der Waals surface area contributed by atoms with Gasteiger partial charge in [-0.1, -0.05) is 26.0 Å². The molecule has 1 atom stereocenters. The molecule has 0 radical (unpaired) electrons. The molecule has 0 spiro atoms. The molecule has 1 aromatic carbocycles. The van der Waals surface area contributed by atoms with Crippen molar-refractivity contribution >= 4 is 0 Å². The first-order chi connectivity index (χ1) is 9.44. The van der Waals surface area contributed by atoms with Gasteiger partial charge in [0.25, 0.3) is 0 Å². The molecule has 20 heavy (non-hydrogen) atoms. The fourth-order valence-corrected chi connectivity index (χ4v) is 2.41. The van der Waals surface area contributed by atoms with Gasteiger partial charge in [-0.15, -0.1) is 0 Å². The Bertz CT molecular complexity index is 412. The van der Waals surface area contributed by atoms with E-state index in [1.165, 1.54) is 5.56 Å². The molecule has 3 nitrogen and oxygen atoms in total. The van der Waals surface area contributed by atoms with Gasteiger partial charge >= 0.3 is 0 Å².